The Balaban J connectivity index is 4.12. The van der Waals surface area contributed by atoms with Crippen molar-refractivity contribution in [2.24, 2.45) is 0 Å². The molecule has 0 heterocycles. The zero-order valence-electron chi connectivity index (χ0n) is 15.1. The molecule has 0 saturated carbocycles. The van der Waals surface area contributed by atoms with Crippen LogP contribution in [0.15, 0.2) is 0 Å². The lowest BCUT2D eigenvalue weighted by Crippen LogP contribution is -2.38. The first-order valence-electron chi connectivity index (χ1n) is 9.11. The standard InChI is InChI=1S/C18H40OSi/c1-7-9-11-12-14-16-18(15-13-10-8-2)19-20(5,6)17(3)4/h17-18H,7-16H2,1-6H3. The minimum absolute atomic E-state index is 0.534. The third-order valence-electron chi connectivity index (χ3n) is 4.62. The molecular formula is C18H40OSi. The van der Waals surface area contributed by atoms with Crippen molar-refractivity contribution in [2.75, 3.05) is 0 Å². The minimum atomic E-state index is -1.48. The first-order chi connectivity index (χ1) is 9.44. The highest BCUT2D eigenvalue weighted by atomic mass is 28.4. The fraction of sp³-hybridized carbons (Fsp3) is 1.00. The van der Waals surface area contributed by atoms with Crippen LogP contribution in [-0.4, -0.2) is 14.4 Å². The lowest BCUT2D eigenvalue weighted by molar-refractivity contribution is 0.160. The van der Waals surface area contributed by atoms with E-state index in [4.69, 9.17) is 4.43 Å². The first kappa shape index (κ1) is 20.2. The summed E-state index contributed by atoms with van der Waals surface area (Å²) in [7, 11) is -1.48. The van der Waals surface area contributed by atoms with E-state index in [-0.39, 0.29) is 0 Å². The third kappa shape index (κ3) is 9.98. The van der Waals surface area contributed by atoms with Gasteiger partial charge in [0.05, 0.1) is 0 Å². The Morgan fingerprint density at radius 3 is 1.70 bits per heavy atom. The number of hydrogen-bond acceptors (Lipinski definition) is 1. The molecule has 0 N–H and O–H groups in total. The molecule has 122 valence electrons. The Kier molecular flexibility index (Phi) is 11.9. The van der Waals surface area contributed by atoms with E-state index in [0.29, 0.717) is 6.10 Å². The highest BCUT2D eigenvalue weighted by Gasteiger charge is 2.29. The van der Waals surface area contributed by atoms with Crippen LogP contribution in [-0.2, 0) is 4.43 Å². The number of unbranched alkanes of at least 4 members (excludes halogenated alkanes) is 6. The van der Waals surface area contributed by atoms with Gasteiger partial charge in [0.15, 0.2) is 8.32 Å². The number of rotatable bonds is 13. The molecule has 0 aliphatic heterocycles. The van der Waals surface area contributed by atoms with E-state index in [9.17, 15) is 0 Å². The highest BCUT2D eigenvalue weighted by molar-refractivity contribution is 6.72. The van der Waals surface area contributed by atoms with Crippen molar-refractivity contribution < 1.29 is 4.43 Å². The van der Waals surface area contributed by atoms with Gasteiger partial charge in [-0.05, 0) is 31.5 Å². The fourth-order valence-electron chi connectivity index (χ4n) is 2.43. The van der Waals surface area contributed by atoms with Crippen molar-refractivity contribution >= 4 is 8.32 Å². The molecule has 1 atom stereocenters. The minimum Gasteiger partial charge on any atom is -0.414 e. The quantitative estimate of drug-likeness (QED) is 0.265. The van der Waals surface area contributed by atoms with Crippen molar-refractivity contribution in [3.8, 4) is 0 Å². The average molecular weight is 301 g/mol. The molecule has 0 aliphatic carbocycles. The van der Waals surface area contributed by atoms with Gasteiger partial charge in [0.25, 0.3) is 0 Å². The molecule has 0 amide bonds. The molecule has 2 heteroatoms. The van der Waals surface area contributed by atoms with Crippen molar-refractivity contribution in [2.45, 2.75) is 117 Å². The van der Waals surface area contributed by atoms with Crippen LogP contribution in [0.25, 0.3) is 0 Å². The van der Waals surface area contributed by atoms with Crippen molar-refractivity contribution in [3.05, 3.63) is 0 Å². The fourth-order valence-corrected chi connectivity index (χ4v) is 3.79. The van der Waals surface area contributed by atoms with Crippen molar-refractivity contribution in [3.63, 3.8) is 0 Å². The van der Waals surface area contributed by atoms with Gasteiger partial charge in [0.2, 0.25) is 0 Å². The van der Waals surface area contributed by atoms with E-state index in [1.54, 1.807) is 0 Å². The topological polar surface area (TPSA) is 9.23 Å². The molecule has 0 aliphatic rings. The van der Waals surface area contributed by atoms with Crippen LogP contribution in [0.3, 0.4) is 0 Å². The molecular weight excluding hydrogens is 260 g/mol. The third-order valence-corrected chi connectivity index (χ3v) is 8.34. The summed E-state index contributed by atoms with van der Waals surface area (Å²) in [5, 5.41) is 0. The Labute approximate surface area is 130 Å². The van der Waals surface area contributed by atoms with E-state index in [0.717, 1.165) is 5.54 Å². The lowest BCUT2D eigenvalue weighted by atomic mass is 10.0. The van der Waals surface area contributed by atoms with Gasteiger partial charge in [-0.15, -0.1) is 0 Å². The normalized spacial score (nSPS) is 13.9. The summed E-state index contributed by atoms with van der Waals surface area (Å²) < 4.78 is 6.59. The van der Waals surface area contributed by atoms with Crippen molar-refractivity contribution in [1.82, 2.24) is 0 Å². The summed E-state index contributed by atoms with van der Waals surface area (Å²) in [4.78, 5) is 0. The van der Waals surface area contributed by atoms with E-state index < -0.39 is 8.32 Å². The van der Waals surface area contributed by atoms with Crippen LogP contribution >= 0.6 is 0 Å². The maximum absolute atomic E-state index is 6.59. The van der Waals surface area contributed by atoms with Gasteiger partial charge in [-0.2, -0.15) is 0 Å². The first-order valence-corrected chi connectivity index (χ1v) is 12.1. The predicted octanol–water partition coefficient (Wildman–Crippen LogP) is 6.93. The van der Waals surface area contributed by atoms with Crippen LogP contribution < -0.4 is 0 Å². The van der Waals surface area contributed by atoms with Gasteiger partial charge in [-0.1, -0.05) is 79.1 Å². The molecule has 20 heavy (non-hydrogen) atoms. The van der Waals surface area contributed by atoms with Crippen LogP contribution in [0.5, 0.6) is 0 Å². The summed E-state index contributed by atoms with van der Waals surface area (Å²) in [6, 6.07) is 0. The summed E-state index contributed by atoms with van der Waals surface area (Å²) in [6.45, 7) is 14.0. The molecule has 0 aromatic carbocycles. The van der Waals surface area contributed by atoms with Gasteiger partial charge >= 0.3 is 0 Å². The summed E-state index contributed by atoms with van der Waals surface area (Å²) in [5.74, 6) is 0. The smallest absolute Gasteiger partial charge is 0.189 e. The molecule has 0 rings (SSSR count). The highest BCUT2D eigenvalue weighted by Crippen LogP contribution is 2.26. The summed E-state index contributed by atoms with van der Waals surface area (Å²) in [6.07, 6.45) is 14.0. The van der Waals surface area contributed by atoms with Crippen LogP contribution in [0, 0.1) is 0 Å². The van der Waals surface area contributed by atoms with Gasteiger partial charge in [-0.3, -0.25) is 0 Å². The molecule has 0 bridgehead atoms. The second-order valence-electron chi connectivity index (χ2n) is 7.20. The molecule has 0 aromatic rings. The second-order valence-corrected chi connectivity index (χ2v) is 11.8. The average Bonchev–Trinajstić information content (AvgIpc) is 2.38. The Bertz CT molecular complexity index is 213. The Morgan fingerprint density at radius 1 is 0.750 bits per heavy atom. The SMILES string of the molecule is CCCCCCCC(CCCCC)O[Si](C)(C)C(C)C. The number of hydrogen-bond donors (Lipinski definition) is 0. The van der Waals surface area contributed by atoms with E-state index in [1.165, 1.54) is 64.2 Å². The molecule has 0 aromatic heterocycles. The lowest BCUT2D eigenvalue weighted by Gasteiger charge is -2.32. The van der Waals surface area contributed by atoms with Crippen LogP contribution in [0.4, 0.5) is 0 Å². The van der Waals surface area contributed by atoms with Gasteiger partial charge in [0.1, 0.15) is 0 Å². The van der Waals surface area contributed by atoms with E-state index in [2.05, 4.69) is 40.8 Å². The Hall–Kier alpha value is 0.177. The molecule has 0 radical (unpaired) electrons. The molecule has 0 spiro atoms. The summed E-state index contributed by atoms with van der Waals surface area (Å²) in [5.41, 5.74) is 0.719. The zero-order chi connectivity index (χ0) is 15.4. The van der Waals surface area contributed by atoms with Gasteiger partial charge < -0.3 is 4.43 Å². The second kappa shape index (κ2) is 11.8. The molecule has 1 nitrogen and oxygen atoms in total. The largest absolute Gasteiger partial charge is 0.414 e. The van der Waals surface area contributed by atoms with Crippen molar-refractivity contribution in [1.29, 1.82) is 0 Å². The molecule has 1 unspecified atom stereocenters. The monoisotopic (exact) mass is 300 g/mol. The van der Waals surface area contributed by atoms with Gasteiger partial charge in [0, 0.05) is 6.10 Å². The van der Waals surface area contributed by atoms with E-state index >= 15 is 0 Å². The molecule has 0 fully saturated rings. The van der Waals surface area contributed by atoms with Crippen LogP contribution in [0.2, 0.25) is 18.6 Å². The van der Waals surface area contributed by atoms with Crippen LogP contribution in [0.1, 0.15) is 91.9 Å². The Morgan fingerprint density at radius 2 is 1.20 bits per heavy atom. The maximum atomic E-state index is 6.59. The summed E-state index contributed by atoms with van der Waals surface area (Å²) >= 11 is 0. The van der Waals surface area contributed by atoms with Gasteiger partial charge in [-0.25, -0.2) is 0 Å². The van der Waals surface area contributed by atoms with E-state index in [1.807, 2.05) is 0 Å². The maximum Gasteiger partial charge on any atom is 0.189 e. The molecule has 0 saturated heterocycles. The predicted molar refractivity (Wildman–Crippen MR) is 95.0 cm³/mol. The zero-order valence-corrected chi connectivity index (χ0v) is 16.1.